The molecule has 0 aromatic heterocycles. The van der Waals surface area contributed by atoms with Gasteiger partial charge in [-0.25, -0.2) is 4.39 Å². The maximum Gasteiger partial charge on any atom is 0.166 e. The summed E-state index contributed by atoms with van der Waals surface area (Å²) in [5.41, 5.74) is 0. The van der Waals surface area contributed by atoms with Crippen molar-refractivity contribution in [3.63, 3.8) is 0 Å². The Morgan fingerprint density at radius 3 is 2.65 bits per heavy atom. The van der Waals surface area contributed by atoms with Gasteiger partial charge in [-0.1, -0.05) is 15.9 Å². The molecule has 1 aromatic carbocycles. The zero-order chi connectivity index (χ0) is 12.7. The van der Waals surface area contributed by atoms with Crippen molar-refractivity contribution < 1.29 is 13.9 Å². The lowest BCUT2D eigenvalue weighted by molar-refractivity contribution is 0.0878. The van der Waals surface area contributed by atoms with Crippen LogP contribution in [0.1, 0.15) is 0 Å². The molecule has 96 valence electrons. The lowest BCUT2D eigenvalue weighted by Gasteiger charge is -2.10. The van der Waals surface area contributed by atoms with Gasteiger partial charge in [0.15, 0.2) is 11.6 Å². The minimum atomic E-state index is -0.368. The van der Waals surface area contributed by atoms with Gasteiger partial charge in [-0.15, -0.1) is 0 Å². The third-order valence-electron chi connectivity index (χ3n) is 2.06. The van der Waals surface area contributed by atoms with Crippen LogP contribution in [0.25, 0.3) is 0 Å². The molecular formula is C12H17BrFNO2. The Morgan fingerprint density at radius 2 is 2.00 bits per heavy atom. The summed E-state index contributed by atoms with van der Waals surface area (Å²) in [6.45, 7) is 2.33. The van der Waals surface area contributed by atoms with E-state index in [0.29, 0.717) is 24.3 Å². The lowest BCUT2D eigenvalue weighted by atomic mass is 10.3. The Balaban J connectivity index is 2.18. The molecule has 17 heavy (non-hydrogen) atoms. The fraction of sp³-hybridized carbons (Fsp3) is 0.500. The molecule has 5 heteroatoms. The van der Waals surface area contributed by atoms with Gasteiger partial charge < -0.3 is 14.4 Å². The van der Waals surface area contributed by atoms with E-state index >= 15 is 0 Å². The molecule has 1 rings (SSSR count). The second kappa shape index (κ2) is 7.63. The zero-order valence-electron chi connectivity index (χ0n) is 10.1. The van der Waals surface area contributed by atoms with Crippen molar-refractivity contribution >= 4 is 15.9 Å². The van der Waals surface area contributed by atoms with E-state index in [1.807, 2.05) is 19.0 Å². The van der Waals surface area contributed by atoms with Gasteiger partial charge in [-0.05, 0) is 32.3 Å². The van der Waals surface area contributed by atoms with Crippen LogP contribution in [0.15, 0.2) is 22.7 Å². The molecule has 0 saturated carbocycles. The van der Waals surface area contributed by atoms with Gasteiger partial charge in [0, 0.05) is 11.0 Å². The highest BCUT2D eigenvalue weighted by Gasteiger charge is 2.03. The summed E-state index contributed by atoms with van der Waals surface area (Å²) in [6, 6.07) is 4.72. The minimum Gasteiger partial charge on any atom is -0.488 e. The highest BCUT2D eigenvalue weighted by Crippen LogP contribution is 2.21. The first-order valence-corrected chi connectivity index (χ1v) is 6.19. The van der Waals surface area contributed by atoms with Crippen molar-refractivity contribution in [2.75, 3.05) is 40.5 Å². The second-order valence-corrected chi connectivity index (χ2v) is 4.75. The molecule has 0 unspecified atom stereocenters. The smallest absolute Gasteiger partial charge is 0.166 e. The van der Waals surface area contributed by atoms with Crippen LogP contribution in [-0.4, -0.2) is 45.4 Å². The van der Waals surface area contributed by atoms with Crippen molar-refractivity contribution in [2.45, 2.75) is 0 Å². The maximum absolute atomic E-state index is 13.3. The summed E-state index contributed by atoms with van der Waals surface area (Å²) in [5, 5.41) is 0. The molecule has 0 heterocycles. The molecule has 0 spiro atoms. The van der Waals surface area contributed by atoms with Crippen molar-refractivity contribution in [1.82, 2.24) is 4.90 Å². The molecule has 3 nitrogen and oxygen atoms in total. The SMILES string of the molecule is CN(C)CCOCCOc1ccc(Br)cc1F. The predicted octanol–water partition coefficient (Wildman–Crippen LogP) is 2.55. The summed E-state index contributed by atoms with van der Waals surface area (Å²) >= 11 is 3.19. The van der Waals surface area contributed by atoms with Crippen LogP contribution < -0.4 is 4.74 Å². The fourth-order valence-electron chi connectivity index (χ4n) is 1.15. The Morgan fingerprint density at radius 1 is 1.24 bits per heavy atom. The number of rotatable bonds is 7. The van der Waals surface area contributed by atoms with Crippen LogP contribution >= 0.6 is 15.9 Å². The van der Waals surface area contributed by atoms with Gasteiger partial charge in [0.2, 0.25) is 0 Å². The molecule has 0 aliphatic carbocycles. The molecule has 0 bridgehead atoms. The first kappa shape index (κ1) is 14.4. The van der Waals surface area contributed by atoms with E-state index in [4.69, 9.17) is 9.47 Å². The van der Waals surface area contributed by atoms with Gasteiger partial charge in [-0.2, -0.15) is 0 Å². The van der Waals surface area contributed by atoms with Gasteiger partial charge in [0.25, 0.3) is 0 Å². The molecule has 1 aromatic rings. The number of ether oxygens (including phenoxy) is 2. The molecule has 0 saturated heterocycles. The molecule has 0 N–H and O–H groups in total. The second-order valence-electron chi connectivity index (χ2n) is 3.84. The number of likely N-dealkylation sites (N-methyl/N-ethyl adjacent to an activating group) is 1. The quantitative estimate of drug-likeness (QED) is 0.723. The number of nitrogens with zero attached hydrogens (tertiary/aromatic N) is 1. The average Bonchev–Trinajstić information content (AvgIpc) is 2.25. The van der Waals surface area contributed by atoms with E-state index in [-0.39, 0.29) is 11.6 Å². The highest BCUT2D eigenvalue weighted by molar-refractivity contribution is 9.10. The minimum absolute atomic E-state index is 0.254. The highest BCUT2D eigenvalue weighted by atomic mass is 79.9. The van der Waals surface area contributed by atoms with Crippen LogP contribution in [0.2, 0.25) is 0 Å². The van der Waals surface area contributed by atoms with Crippen molar-refractivity contribution in [1.29, 1.82) is 0 Å². The molecule has 0 radical (unpaired) electrons. The van der Waals surface area contributed by atoms with Gasteiger partial charge in [-0.3, -0.25) is 0 Å². The summed E-state index contributed by atoms with van der Waals surface area (Å²) in [5.74, 6) is -0.114. The summed E-state index contributed by atoms with van der Waals surface area (Å²) < 4.78 is 24.6. The van der Waals surface area contributed by atoms with E-state index in [1.165, 1.54) is 6.07 Å². The third kappa shape index (κ3) is 6.00. The van der Waals surface area contributed by atoms with Crippen LogP contribution in [0.3, 0.4) is 0 Å². The van der Waals surface area contributed by atoms with E-state index < -0.39 is 0 Å². The largest absolute Gasteiger partial charge is 0.488 e. The fourth-order valence-corrected chi connectivity index (χ4v) is 1.49. The molecular weight excluding hydrogens is 289 g/mol. The first-order valence-electron chi connectivity index (χ1n) is 5.40. The Hall–Kier alpha value is -0.650. The lowest BCUT2D eigenvalue weighted by Crippen LogP contribution is -2.19. The Kier molecular flexibility index (Phi) is 6.47. The number of halogens is 2. The Labute approximate surface area is 110 Å². The summed E-state index contributed by atoms with van der Waals surface area (Å²) in [7, 11) is 3.97. The molecule has 0 amide bonds. The van der Waals surface area contributed by atoms with Crippen molar-refractivity contribution in [2.24, 2.45) is 0 Å². The number of benzene rings is 1. The third-order valence-corrected chi connectivity index (χ3v) is 2.56. The first-order chi connectivity index (χ1) is 8.09. The summed E-state index contributed by atoms with van der Waals surface area (Å²) in [6.07, 6.45) is 0. The monoisotopic (exact) mass is 305 g/mol. The van der Waals surface area contributed by atoms with Gasteiger partial charge in [0.1, 0.15) is 6.61 Å². The molecule has 0 fully saturated rings. The number of hydrogen-bond donors (Lipinski definition) is 0. The van der Waals surface area contributed by atoms with Gasteiger partial charge >= 0.3 is 0 Å². The standard InChI is InChI=1S/C12H17BrFNO2/c1-15(2)5-6-16-7-8-17-12-4-3-10(13)9-11(12)14/h3-4,9H,5-8H2,1-2H3. The zero-order valence-corrected chi connectivity index (χ0v) is 11.7. The summed E-state index contributed by atoms with van der Waals surface area (Å²) in [4.78, 5) is 2.04. The predicted molar refractivity (Wildman–Crippen MR) is 69.0 cm³/mol. The van der Waals surface area contributed by atoms with Crippen molar-refractivity contribution in [3.8, 4) is 5.75 Å². The Bertz CT molecular complexity index is 347. The molecule has 0 aliphatic heterocycles. The van der Waals surface area contributed by atoms with Crippen LogP contribution in [0.4, 0.5) is 4.39 Å². The van der Waals surface area contributed by atoms with Crippen molar-refractivity contribution in [3.05, 3.63) is 28.5 Å². The normalized spacial score (nSPS) is 10.9. The maximum atomic E-state index is 13.3. The van der Waals surface area contributed by atoms with Crippen LogP contribution in [-0.2, 0) is 4.74 Å². The van der Waals surface area contributed by atoms with Crippen LogP contribution in [0, 0.1) is 5.82 Å². The van der Waals surface area contributed by atoms with E-state index in [0.717, 1.165) is 6.54 Å². The van der Waals surface area contributed by atoms with E-state index in [2.05, 4.69) is 15.9 Å². The van der Waals surface area contributed by atoms with E-state index in [9.17, 15) is 4.39 Å². The topological polar surface area (TPSA) is 21.7 Å². The van der Waals surface area contributed by atoms with Crippen LogP contribution in [0.5, 0.6) is 5.75 Å². The van der Waals surface area contributed by atoms with Gasteiger partial charge in [0.05, 0.1) is 13.2 Å². The molecule has 0 atom stereocenters. The number of hydrogen-bond acceptors (Lipinski definition) is 3. The molecule has 0 aliphatic rings. The average molecular weight is 306 g/mol. The van der Waals surface area contributed by atoms with E-state index in [1.54, 1.807) is 12.1 Å².